The molecule has 0 spiro atoms. The molecule has 0 bridgehead atoms. The van der Waals surface area contributed by atoms with Crippen LogP contribution in [0.2, 0.25) is 0 Å². The van der Waals surface area contributed by atoms with Gasteiger partial charge in [0.1, 0.15) is 4.90 Å². The van der Waals surface area contributed by atoms with Crippen LogP contribution in [0.25, 0.3) is 0 Å². The first-order valence-corrected chi connectivity index (χ1v) is 10.3. The van der Waals surface area contributed by atoms with Gasteiger partial charge in [0.25, 0.3) is 15.9 Å². The quantitative estimate of drug-likeness (QED) is 0.579. The first kappa shape index (κ1) is 16.9. The maximum atomic E-state index is 12.4. The van der Waals surface area contributed by atoms with Crippen molar-refractivity contribution in [2.24, 2.45) is 0 Å². The van der Waals surface area contributed by atoms with Gasteiger partial charge in [-0.2, -0.15) is 0 Å². The summed E-state index contributed by atoms with van der Waals surface area (Å²) in [4.78, 5) is 12.3. The number of carbonyl (C=O) groups is 1. The number of nitrogens with zero attached hydrogens (tertiary/aromatic N) is 3. The lowest BCUT2D eigenvalue weighted by atomic mass is 10.2. The Balaban J connectivity index is 1.62. The molecule has 1 aromatic carbocycles. The van der Waals surface area contributed by atoms with Crippen molar-refractivity contribution in [2.45, 2.75) is 9.24 Å². The number of carbonyl (C=O) groups excluding carboxylic acids is 1. The van der Waals surface area contributed by atoms with E-state index in [2.05, 4.69) is 22.1 Å². The molecule has 0 atom stereocenters. The highest BCUT2D eigenvalue weighted by Gasteiger charge is 2.40. The standard InChI is InChI=1S/C14H14N4O3S3/c1-2-7-15-13-16-17-14(23-13)22-9-8-18-12(19)10-5-3-4-6-11(10)24(18,20)21/h2-6H,1,7-9H2,(H,15,16). The highest BCUT2D eigenvalue weighted by atomic mass is 32.2. The van der Waals surface area contributed by atoms with Crippen molar-refractivity contribution in [3.8, 4) is 0 Å². The lowest BCUT2D eigenvalue weighted by Crippen LogP contribution is -2.32. The Bertz CT molecular complexity index is 879. The van der Waals surface area contributed by atoms with Gasteiger partial charge in [-0.1, -0.05) is 41.3 Å². The Hall–Kier alpha value is -1.91. The second kappa shape index (κ2) is 6.91. The summed E-state index contributed by atoms with van der Waals surface area (Å²) >= 11 is 2.74. The third-order valence-corrected chi connectivity index (χ3v) is 7.07. The number of anilines is 1. The number of rotatable bonds is 7. The zero-order chi connectivity index (χ0) is 17.2. The molecule has 0 fully saturated rings. The van der Waals surface area contributed by atoms with Gasteiger partial charge in [0, 0.05) is 18.8 Å². The van der Waals surface area contributed by atoms with E-state index < -0.39 is 15.9 Å². The third kappa shape index (κ3) is 3.17. The molecule has 0 unspecified atom stereocenters. The van der Waals surface area contributed by atoms with Crippen LogP contribution < -0.4 is 5.32 Å². The molecule has 0 saturated carbocycles. The molecule has 2 heterocycles. The highest BCUT2D eigenvalue weighted by Crippen LogP contribution is 2.31. The molecule has 24 heavy (non-hydrogen) atoms. The van der Waals surface area contributed by atoms with Gasteiger partial charge < -0.3 is 5.32 Å². The van der Waals surface area contributed by atoms with Crippen LogP contribution in [0.3, 0.4) is 0 Å². The van der Waals surface area contributed by atoms with Crippen molar-refractivity contribution in [2.75, 3.05) is 24.2 Å². The maximum absolute atomic E-state index is 12.4. The largest absolute Gasteiger partial charge is 0.357 e. The third-order valence-electron chi connectivity index (χ3n) is 3.24. The average Bonchev–Trinajstić information content (AvgIpc) is 3.10. The predicted octanol–water partition coefficient (Wildman–Crippen LogP) is 2.07. The number of hydrogen-bond donors (Lipinski definition) is 1. The van der Waals surface area contributed by atoms with Crippen LogP contribution in [0.1, 0.15) is 10.4 Å². The summed E-state index contributed by atoms with van der Waals surface area (Å²) < 4.78 is 26.5. The number of aromatic nitrogens is 2. The van der Waals surface area contributed by atoms with Gasteiger partial charge in [-0.25, -0.2) is 12.7 Å². The van der Waals surface area contributed by atoms with E-state index in [0.717, 1.165) is 4.31 Å². The molecule has 1 aliphatic heterocycles. The minimum Gasteiger partial charge on any atom is -0.357 e. The lowest BCUT2D eigenvalue weighted by molar-refractivity contribution is 0.0876. The molecule has 3 rings (SSSR count). The number of hydrogen-bond acceptors (Lipinski definition) is 8. The Morgan fingerprint density at radius 1 is 1.33 bits per heavy atom. The van der Waals surface area contributed by atoms with Crippen molar-refractivity contribution >= 4 is 44.2 Å². The van der Waals surface area contributed by atoms with Crippen molar-refractivity contribution in [3.05, 3.63) is 42.5 Å². The molecule has 126 valence electrons. The summed E-state index contributed by atoms with van der Waals surface area (Å²) in [6, 6.07) is 6.26. The van der Waals surface area contributed by atoms with Gasteiger partial charge in [-0.15, -0.1) is 16.8 Å². The molecule has 1 aliphatic rings. The molecular weight excluding hydrogens is 368 g/mol. The maximum Gasteiger partial charge on any atom is 0.269 e. The van der Waals surface area contributed by atoms with E-state index in [-0.39, 0.29) is 17.0 Å². The summed E-state index contributed by atoms with van der Waals surface area (Å²) in [5.74, 6) is -0.0634. The normalized spacial score (nSPS) is 15.3. The summed E-state index contributed by atoms with van der Waals surface area (Å²) in [5.41, 5.74) is 0.231. The minimum absolute atomic E-state index is 0.0758. The Labute approximate surface area is 147 Å². The topological polar surface area (TPSA) is 92.3 Å². The fraction of sp³-hybridized carbons (Fsp3) is 0.214. The van der Waals surface area contributed by atoms with Crippen molar-refractivity contribution < 1.29 is 13.2 Å². The molecule has 7 nitrogen and oxygen atoms in total. The summed E-state index contributed by atoms with van der Waals surface area (Å²) in [5, 5.41) is 11.7. The first-order valence-electron chi connectivity index (χ1n) is 7.01. The second-order valence-electron chi connectivity index (χ2n) is 4.77. The van der Waals surface area contributed by atoms with Crippen LogP contribution in [0.4, 0.5) is 5.13 Å². The van der Waals surface area contributed by atoms with Crippen LogP contribution in [0, 0.1) is 0 Å². The van der Waals surface area contributed by atoms with Crippen molar-refractivity contribution in [1.82, 2.24) is 14.5 Å². The number of thioether (sulfide) groups is 1. The van der Waals surface area contributed by atoms with Crippen molar-refractivity contribution in [3.63, 3.8) is 0 Å². The average molecular weight is 382 g/mol. The van der Waals surface area contributed by atoms with Crippen LogP contribution in [0.15, 0.2) is 46.2 Å². The van der Waals surface area contributed by atoms with E-state index in [9.17, 15) is 13.2 Å². The van der Waals surface area contributed by atoms with Gasteiger partial charge >= 0.3 is 0 Å². The molecule has 0 saturated heterocycles. The van der Waals surface area contributed by atoms with E-state index in [0.29, 0.717) is 21.8 Å². The van der Waals surface area contributed by atoms with Gasteiger partial charge in [0.2, 0.25) is 5.13 Å². The number of sulfonamides is 1. The SMILES string of the molecule is C=CCNc1nnc(SCCN2C(=O)c3ccccc3S2(=O)=O)s1. The number of amides is 1. The second-order valence-corrected chi connectivity index (χ2v) is 8.92. The zero-order valence-electron chi connectivity index (χ0n) is 12.5. The van der Waals surface area contributed by atoms with Crippen LogP contribution in [-0.2, 0) is 10.0 Å². The molecule has 1 N–H and O–H groups in total. The molecule has 1 amide bonds. The molecule has 2 aromatic rings. The van der Waals surface area contributed by atoms with Crippen LogP contribution >= 0.6 is 23.1 Å². The van der Waals surface area contributed by atoms with E-state index in [4.69, 9.17) is 0 Å². The fourth-order valence-corrected chi connectivity index (χ4v) is 5.61. The van der Waals surface area contributed by atoms with Crippen LogP contribution in [0.5, 0.6) is 0 Å². The zero-order valence-corrected chi connectivity index (χ0v) is 15.0. The van der Waals surface area contributed by atoms with E-state index in [1.54, 1.807) is 18.2 Å². The lowest BCUT2D eigenvalue weighted by Gasteiger charge is -2.13. The minimum atomic E-state index is -3.74. The number of nitrogens with one attached hydrogen (secondary N) is 1. The molecule has 0 radical (unpaired) electrons. The molecule has 10 heteroatoms. The first-order chi connectivity index (χ1) is 11.5. The van der Waals surface area contributed by atoms with Crippen molar-refractivity contribution in [1.29, 1.82) is 0 Å². The van der Waals surface area contributed by atoms with Crippen LogP contribution in [-0.4, -0.2) is 47.7 Å². The van der Waals surface area contributed by atoms with Gasteiger partial charge in [-0.3, -0.25) is 4.79 Å². The monoisotopic (exact) mass is 382 g/mol. The Kier molecular flexibility index (Phi) is 4.88. The van der Waals surface area contributed by atoms with Gasteiger partial charge in [0.05, 0.1) is 5.56 Å². The number of benzene rings is 1. The smallest absolute Gasteiger partial charge is 0.269 e. The Morgan fingerprint density at radius 2 is 2.12 bits per heavy atom. The summed E-state index contributed by atoms with van der Waals surface area (Å²) in [7, 11) is -3.74. The fourth-order valence-electron chi connectivity index (χ4n) is 2.17. The predicted molar refractivity (Wildman–Crippen MR) is 94.0 cm³/mol. The highest BCUT2D eigenvalue weighted by molar-refractivity contribution is 8.01. The number of fused-ring (bicyclic) bond motifs is 1. The van der Waals surface area contributed by atoms with E-state index in [1.165, 1.54) is 35.2 Å². The van der Waals surface area contributed by atoms with Gasteiger partial charge in [0.15, 0.2) is 4.34 Å². The summed E-state index contributed by atoms with van der Waals surface area (Å²) in [6.07, 6.45) is 1.72. The van der Waals surface area contributed by atoms with E-state index in [1.807, 2.05) is 0 Å². The summed E-state index contributed by atoms with van der Waals surface area (Å²) in [6.45, 7) is 4.30. The molecule has 0 aliphatic carbocycles. The Morgan fingerprint density at radius 3 is 2.88 bits per heavy atom. The van der Waals surface area contributed by atoms with E-state index >= 15 is 0 Å². The molecule has 1 aromatic heterocycles. The molecular formula is C14H14N4O3S3. The van der Waals surface area contributed by atoms with Gasteiger partial charge in [-0.05, 0) is 12.1 Å².